The highest BCUT2D eigenvalue weighted by Gasteiger charge is 2.24. The maximum absolute atomic E-state index is 13.1. The lowest BCUT2D eigenvalue weighted by Gasteiger charge is -2.20. The number of aryl methyl sites for hydroxylation is 1. The maximum Gasteiger partial charge on any atom is 0.251 e. The molecule has 0 bridgehead atoms. The van der Waals surface area contributed by atoms with Gasteiger partial charge in [-0.1, -0.05) is 36.4 Å². The van der Waals surface area contributed by atoms with Gasteiger partial charge in [-0.2, -0.15) is 5.10 Å². The molecule has 2 atom stereocenters. The predicted molar refractivity (Wildman–Crippen MR) is 137 cm³/mol. The van der Waals surface area contributed by atoms with Crippen molar-refractivity contribution in [3.8, 4) is 22.8 Å². The number of aromatic amines is 1. The van der Waals surface area contributed by atoms with Crippen molar-refractivity contribution in [2.24, 2.45) is 0 Å². The van der Waals surface area contributed by atoms with Crippen LogP contribution in [-0.2, 0) is 6.42 Å². The van der Waals surface area contributed by atoms with Crippen molar-refractivity contribution >= 4 is 11.7 Å². The maximum atomic E-state index is 13.1. The molecule has 2 aliphatic rings. The van der Waals surface area contributed by atoms with E-state index in [1.54, 1.807) is 6.20 Å². The number of benzene rings is 2. The normalized spacial score (nSPS) is 19.1. The quantitative estimate of drug-likeness (QED) is 0.344. The van der Waals surface area contributed by atoms with Crippen molar-refractivity contribution in [3.63, 3.8) is 0 Å². The van der Waals surface area contributed by atoms with Crippen LogP contribution >= 0.6 is 0 Å². The third-order valence-corrected chi connectivity index (χ3v) is 7.06. The van der Waals surface area contributed by atoms with E-state index in [0.29, 0.717) is 28.7 Å². The first-order chi connectivity index (χ1) is 17.7. The van der Waals surface area contributed by atoms with Gasteiger partial charge < -0.3 is 16.4 Å². The van der Waals surface area contributed by atoms with E-state index in [9.17, 15) is 4.79 Å². The van der Waals surface area contributed by atoms with Gasteiger partial charge in [-0.05, 0) is 55.5 Å². The summed E-state index contributed by atoms with van der Waals surface area (Å²) in [7, 11) is 0. The summed E-state index contributed by atoms with van der Waals surface area (Å²) < 4.78 is 0. The Balaban J connectivity index is 1.24. The Morgan fingerprint density at radius 2 is 2.00 bits per heavy atom. The van der Waals surface area contributed by atoms with Gasteiger partial charge in [0, 0.05) is 23.6 Å². The molecule has 1 aliphatic heterocycles. The number of nitrogens with two attached hydrogens (primary N) is 1. The second kappa shape index (κ2) is 9.50. The smallest absolute Gasteiger partial charge is 0.251 e. The van der Waals surface area contributed by atoms with Crippen LogP contribution in [0.15, 0.2) is 54.7 Å². The zero-order chi connectivity index (χ0) is 24.5. The number of carbonyl (C=O) groups is 1. The summed E-state index contributed by atoms with van der Waals surface area (Å²) in [6.07, 6.45) is 5.67. The number of rotatable bonds is 5. The van der Waals surface area contributed by atoms with Gasteiger partial charge >= 0.3 is 0 Å². The van der Waals surface area contributed by atoms with Gasteiger partial charge in [0.15, 0.2) is 11.5 Å². The Hall–Kier alpha value is -4.11. The van der Waals surface area contributed by atoms with Gasteiger partial charge in [0.25, 0.3) is 5.91 Å². The molecule has 0 saturated carbocycles. The molecule has 2 aromatic heterocycles. The van der Waals surface area contributed by atoms with Crippen LogP contribution in [0, 0.1) is 0 Å². The number of nitrogen functional groups attached to an aromatic ring is 1. The molecule has 36 heavy (non-hydrogen) atoms. The number of hydrogen-bond donors (Lipinski definition) is 4. The molecule has 2 aromatic carbocycles. The summed E-state index contributed by atoms with van der Waals surface area (Å²) in [6.45, 7) is 1.90. The van der Waals surface area contributed by atoms with Crippen molar-refractivity contribution in [1.82, 2.24) is 35.8 Å². The lowest BCUT2D eigenvalue weighted by Crippen LogP contribution is -2.28. The van der Waals surface area contributed by atoms with E-state index in [0.717, 1.165) is 50.2 Å². The number of amides is 1. The van der Waals surface area contributed by atoms with Crippen molar-refractivity contribution in [2.75, 3.05) is 18.8 Å². The second-order valence-electron chi connectivity index (χ2n) is 9.42. The van der Waals surface area contributed by atoms with E-state index in [-0.39, 0.29) is 17.8 Å². The fourth-order valence-electron chi connectivity index (χ4n) is 5.12. The summed E-state index contributed by atoms with van der Waals surface area (Å²) >= 11 is 0. The van der Waals surface area contributed by atoms with Crippen LogP contribution in [-0.4, -0.2) is 44.1 Å². The highest BCUT2D eigenvalue weighted by atomic mass is 16.1. The molecule has 5 N–H and O–H groups in total. The van der Waals surface area contributed by atoms with E-state index < -0.39 is 0 Å². The number of aromatic nitrogens is 5. The van der Waals surface area contributed by atoms with Crippen molar-refractivity contribution in [1.29, 1.82) is 0 Å². The minimum atomic E-state index is -0.109. The summed E-state index contributed by atoms with van der Waals surface area (Å²) in [5.41, 5.74) is 11.0. The van der Waals surface area contributed by atoms with Gasteiger partial charge in [0.05, 0.1) is 17.9 Å². The minimum absolute atomic E-state index is 0.0274. The first kappa shape index (κ1) is 22.4. The van der Waals surface area contributed by atoms with Crippen LogP contribution in [0.4, 0.5) is 5.82 Å². The zero-order valence-electron chi connectivity index (χ0n) is 19.9. The molecule has 182 valence electrons. The van der Waals surface area contributed by atoms with Crippen LogP contribution in [0.2, 0.25) is 0 Å². The number of hydrogen-bond acceptors (Lipinski definition) is 7. The van der Waals surface area contributed by atoms with E-state index in [2.05, 4.69) is 42.9 Å². The largest absolute Gasteiger partial charge is 0.382 e. The Bertz CT molecular complexity index is 1410. The lowest BCUT2D eigenvalue weighted by molar-refractivity contribution is 0.0936. The molecule has 1 aliphatic carbocycles. The molecule has 0 spiro atoms. The molecule has 1 amide bonds. The SMILES string of the molecule is Nc1ncc(-c2cccc(C(=O)NC3CCc4ccccc43)c2)nc1-c1n[nH]c(C2CCCNC2)n1. The zero-order valence-corrected chi connectivity index (χ0v) is 19.9. The highest BCUT2D eigenvalue weighted by Crippen LogP contribution is 2.31. The van der Waals surface area contributed by atoms with Crippen molar-refractivity contribution in [2.45, 2.75) is 37.6 Å². The lowest BCUT2D eigenvalue weighted by atomic mass is 9.99. The molecule has 1 fully saturated rings. The van der Waals surface area contributed by atoms with Crippen molar-refractivity contribution < 1.29 is 4.79 Å². The Morgan fingerprint density at radius 1 is 1.08 bits per heavy atom. The molecule has 3 heterocycles. The van der Waals surface area contributed by atoms with E-state index >= 15 is 0 Å². The van der Waals surface area contributed by atoms with Crippen LogP contribution in [0.1, 0.15) is 58.5 Å². The van der Waals surface area contributed by atoms with Crippen LogP contribution in [0.3, 0.4) is 0 Å². The summed E-state index contributed by atoms with van der Waals surface area (Å²) in [5.74, 6) is 1.70. The minimum Gasteiger partial charge on any atom is -0.382 e. The molecule has 9 heteroatoms. The number of H-pyrrole nitrogens is 1. The number of carbonyl (C=O) groups excluding carboxylic acids is 1. The van der Waals surface area contributed by atoms with E-state index in [4.69, 9.17) is 10.7 Å². The molecular formula is C27H28N8O. The Labute approximate surface area is 209 Å². The second-order valence-corrected chi connectivity index (χ2v) is 9.42. The molecule has 6 rings (SSSR count). The number of nitrogens with zero attached hydrogens (tertiary/aromatic N) is 4. The predicted octanol–water partition coefficient (Wildman–Crippen LogP) is 3.40. The number of piperidine rings is 1. The third kappa shape index (κ3) is 4.33. The Kier molecular flexibility index (Phi) is 5.90. The topological polar surface area (TPSA) is 134 Å². The van der Waals surface area contributed by atoms with Gasteiger partial charge in [0.1, 0.15) is 5.82 Å². The van der Waals surface area contributed by atoms with Gasteiger partial charge in [-0.15, -0.1) is 0 Å². The molecule has 4 aromatic rings. The fourth-order valence-corrected chi connectivity index (χ4v) is 5.12. The first-order valence-corrected chi connectivity index (χ1v) is 12.4. The first-order valence-electron chi connectivity index (χ1n) is 12.4. The molecule has 1 saturated heterocycles. The average Bonchev–Trinajstić information content (AvgIpc) is 3.58. The summed E-state index contributed by atoms with van der Waals surface area (Å²) in [4.78, 5) is 26.8. The van der Waals surface area contributed by atoms with Gasteiger partial charge in [0.2, 0.25) is 5.82 Å². The summed E-state index contributed by atoms with van der Waals surface area (Å²) in [6, 6.07) is 15.7. The molecule has 2 unspecified atom stereocenters. The van der Waals surface area contributed by atoms with Gasteiger partial charge in [-0.25, -0.2) is 15.0 Å². The third-order valence-electron chi connectivity index (χ3n) is 7.06. The number of anilines is 1. The van der Waals surface area contributed by atoms with E-state index in [1.807, 2.05) is 36.4 Å². The number of fused-ring (bicyclic) bond motifs is 1. The molecular weight excluding hydrogens is 452 g/mol. The standard InChI is InChI=1S/C27H28N8O/c28-24-23(26-33-25(34-35-26)19-8-4-12-29-14-19)31-22(15-30-24)17-6-3-7-18(13-17)27(36)32-21-11-10-16-5-1-2-9-20(16)21/h1-3,5-7,9,13,15,19,21,29H,4,8,10-12,14H2,(H2,28,30)(H,32,36)(H,33,34,35). The highest BCUT2D eigenvalue weighted by molar-refractivity contribution is 5.95. The molecule has 0 radical (unpaired) electrons. The van der Waals surface area contributed by atoms with Crippen LogP contribution < -0.4 is 16.4 Å². The Morgan fingerprint density at radius 3 is 2.89 bits per heavy atom. The van der Waals surface area contributed by atoms with E-state index in [1.165, 1.54) is 11.1 Å². The van der Waals surface area contributed by atoms with Crippen molar-refractivity contribution in [3.05, 3.63) is 77.2 Å². The van der Waals surface area contributed by atoms with Crippen LogP contribution in [0.25, 0.3) is 22.8 Å². The number of nitrogens with one attached hydrogen (secondary N) is 3. The summed E-state index contributed by atoms with van der Waals surface area (Å²) in [5, 5.41) is 14.0. The fraction of sp³-hybridized carbons (Fsp3) is 0.296. The van der Waals surface area contributed by atoms with Crippen LogP contribution in [0.5, 0.6) is 0 Å². The molecule has 9 nitrogen and oxygen atoms in total. The monoisotopic (exact) mass is 480 g/mol. The van der Waals surface area contributed by atoms with Gasteiger partial charge in [-0.3, -0.25) is 9.89 Å². The average molecular weight is 481 g/mol.